The van der Waals surface area contributed by atoms with E-state index in [1.165, 1.54) is 25.2 Å². The molecule has 0 amide bonds. The first-order valence-electron chi connectivity index (χ1n) is 5.46. The molecule has 1 heterocycles. The van der Waals surface area contributed by atoms with Gasteiger partial charge in [-0.05, 0) is 36.7 Å². The van der Waals surface area contributed by atoms with Crippen LogP contribution in [0, 0.1) is 0 Å². The van der Waals surface area contributed by atoms with E-state index >= 15 is 0 Å². The second kappa shape index (κ2) is 4.17. The lowest BCUT2D eigenvalue weighted by Crippen LogP contribution is -2.39. The minimum Gasteiger partial charge on any atom is -0.292 e. The summed E-state index contributed by atoms with van der Waals surface area (Å²) < 4.78 is 22.9. The molecule has 5 heteroatoms. The molecule has 0 bridgehead atoms. The second-order valence-electron chi connectivity index (χ2n) is 4.76. The van der Waals surface area contributed by atoms with Crippen LogP contribution in [0.5, 0.6) is 0 Å². The van der Waals surface area contributed by atoms with Gasteiger partial charge >= 0.3 is 0 Å². The van der Waals surface area contributed by atoms with Crippen LogP contribution in [0.3, 0.4) is 0 Å². The lowest BCUT2D eigenvalue weighted by molar-refractivity contribution is 0.0956. The van der Waals surface area contributed by atoms with Gasteiger partial charge in [0, 0.05) is 16.5 Å². The van der Waals surface area contributed by atoms with Crippen LogP contribution >= 0.6 is 11.3 Å². The van der Waals surface area contributed by atoms with Gasteiger partial charge in [0.2, 0.25) is 0 Å². The molecule has 1 aromatic heterocycles. The van der Waals surface area contributed by atoms with Crippen LogP contribution in [0.4, 0.5) is 0 Å². The van der Waals surface area contributed by atoms with Crippen LogP contribution in [-0.4, -0.2) is 25.2 Å². The number of rotatable bonds is 3. The Morgan fingerprint density at radius 2 is 1.89 bits per heavy atom. The van der Waals surface area contributed by atoms with E-state index < -0.39 is 14.6 Å². The van der Waals surface area contributed by atoms with Crippen LogP contribution in [0.15, 0.2) is 29.6 Å². The maximum Gasteiger partial charge on any atom is 0.184 e. The number of carbonyl (C=O) groups excluding carboxylic acids is 1. The Labute approximate surface area is 110 Å². The van der Waals surface area contributed by atoms with Crippen molar-refractivity contribution in [1.82, 2.24) is 0 Å². The summed E-state index contributed by atoms with van der Waals surface area (Å²) in [4.78, 5) is 12.5. The highest BCUT2D eigenvalue weighted by molar-refractivity contribution is 7.92. The summed E-state index contributed by atoms with van der Waals surface area (Å²) in [5, 5.41) is 2.87. The SMILES string of the molecule is CC(C)(C(=O)c1cccc2ccsc12)S(C)(=O)=O. The van der Waals surface area contributed by atoms with Gasteiger partial charge in [0.05, 0.1) is 0 Å². The molecule has 0 unspecified atom stereocenters. The summed E-state index contributed by atoms with van der Waals surface area (Å²) in [6.45, 7) is 2.91. The van der Waals surface area contributed by atoms with Crippen LogP contribution < -0.4 is 0 Å². The Kier molecular flexibility index (Phi) is 3.07. The topological polar surface area (TPSA) is 51.2 Å². The van der Waals surface area contributed by atoms with Crippen molar-refractivity contribution in [2.24, 2.45) is 0 Å². The highest BCUT2D eigenvalue weighted by Gasteiger charge is 2.39. The molecule has 3 nitrogen and oxygen atoms in total. The molecular formula is C13H14O3S2. The van der Waals surface area contributed by atoms with Crippen molar-refractivity contribution in [1.29, 1.82) is 0 Å². The molecule has 0 spiro atoms. The summed E-state index contributed by atoms with van der Waals surface area (Å²) >= 11 is 1.45. The minimum absolute atomic E-state index is 0.349. The Bertz CT molecular complexity index is 709. The number of carbonyl (C=O) groups is 1. The minimum atomic E-state index is -3.45. The highest BCUT2D eigenvalue weighted by atomic mass is 32.2. The third-order valence-electron chi connectivity index (χ3n) is 3.20. The van der Waals surface area contributed by atoms with Crippen molar-refractivity contribution in [3.8, 4) is 0 Å². The largest absolute Gasteiger partial charge is 0.292 e. The molecule has 2 aromatic rings. The summed E-state index contributed by atoms with van der Waals surface area (Å²) in [5.74, 6) is -0.349. The van der Waals surface area contributed by atoms with Crippen LogP contribution in [0.2, 0.25) is 0 Å². The van der Waals surface area contributed by atoms with Crippen molar-refractivity contribution in [3.05, 3.63) is 35.2 Å². The second-order valence-corrected chi connectivity index (χ2v) is 8.24. The molecule has 0 saturated heterocycles. The van der Waals surface area contributed by atoms with Gasteiger partial charge in [-0.3, -0.25) is 4.79 Å². The summed E-state index contributed by atoms with van der Waals surface area (Å²) in [7, 11) is -3.45. The molecule has 0 N–H and O–H groups in total. The zero-order chi connectivity index (χ0) is 13.6. The molecule has 0 aliphatic heterocycles. The lowest BCUT2D eigenvalue weighted by atomic mass is 9.99. The van der Waals surface area contributed by atoms with Gasteiger partial charge in [-0.15, -0.1) is 11.3 Å². The van der Waals surface area contributed by atoms with Gasteiger partial charge in [0.25, 0.3) is 0 Å². The number of hydrogen-bond donors (Lipinski definition) is 0. The quantitative estimate of drug-likeness (QED) is 0.813. The molecule has 0 saturated carbocycles. The van der Waals surface area contributed by atoms with Gasteiger partial charge < -0.3 is 0 Å². The third-order valence-corrected chi connectivity index (χ3v) is 6.20. The van der Waals surface area contributed by atoms with Crippen molar-refractivity contribution >= 4 is 37.0 Å². The normalized spacial score (nSPS) is 12.8. The van der Waals surface area contributed by atoms with E-state index in [1.807, 2.05) is 17.5 Å². The average molecular weight is 282 g/mol. The molecule has 96 valence electrons. The van der Waals surface area contributed by atoms with E-state index in [0.717, 1.165) is 16.3 Å². The summed E-state index contributed by atoms with van der Waals surface area (Å²) in [6.07, 6.45) is 1.10. The molecule has 0 fully saturated rings. The monoisotopic (exact) mass is 282 g/mol. The summed E-state index contributed by atoms with van der Waals surface area (Å²) in [5.41, 5.74) is 0.484. The highest BCUT2D eigenvalue weighted by Crippen LogP contribution is 2.29. The van der Waals surface area contributed by atoms with Gasteiger partial charge in [0.15, 0.2) is 15.6 Å². The number of sulfone groups is 1. The van der Waals surface area contributed by atoms with E-state index in [0.29, 0.717) is 5.56 Å². The Morgan fingerprint density at radius 3 is 2.50 bits per heavy atom. The first kappa shape index (κ1) is 13.2. The van der Waals surface area contributed by atoms with Crippen molar-refractivity contribution in [3.63, 3.8) is 0 Å². The van der Waals surface area contributed by atoms with Crippen LogP contribution in [0.25, 0.3) is 10.1 Å². The van der Waals surface area contributed by atoms with E-state index in [1.54, 1.807) is 12.1 Å². The number of fused-ring (bicyclic) bond motifs is 1. The molecule has 0 atom stereocenters. The standard InChI is InChI=1S/C13H14O3S2/c1-13(2,18(3,15)16)12(14)10-6-4-5-9-7-8-17-11(9)10/h4-8H,1-3H3. The fraction of sp³-hybridized carbons (Fsp3) is 0.308. The zero-order valence-electron chi connectivity index (χ0n) is 10.4. The molecular weight excluding hydrogens is 268 g/mol. The fourth-order valence-corrected chi connectivity index (χ4v) is 3.02. The molecule has 2 rings (SSSR count). The summed E-state index contributed by atoms with van der Waals surface area (Å²) in [6, 6.07) is 7.30. The van der Waals surface area contributed by atoms with Crippen molar-refractivity contribution in [2.75, 3.05) is 6.26 Å². The predicted octanol–water partition coefficient (Wildman–Crippen LogP) is 2.91. The van der Waals surface area contributed by atoms with Crippen molar-refractivity contribution < 1.29 is 13.2 Å². The van der Waals surface area contributed by atoms with Crippen LogP contribution in [0.1, 0.15) is 24.2 Å². The van der Waals surface area contributed by atoms with E-state index in [-0.39, 0.29) is 5.78 Å². The van der Waals surface area contributed by atoms with Crippen LogP contribution in [-0.2, 0) is 9.84 Å². The maximum atomic E-state index is 12.5. The number of thiophene rings is 1. The smallest absolute Gasteiger partial charge is 0.184 e. The zero-order valence-corrected chi connectivity index (χ0v) is 12.1. The Balaban J connectivity index is 2.63. The number of Topliss-reactive ketones (excluding diaryl/α,β-unsaturated/α-hetero) is 1. The van der Waals surface area contributed by atoms with Gasteiger partial charge in [-0.25, -0.2) is 8.42 Å². The Morgan fingerprint density at radius 1 is 1.22 bits per heavy atom. The molecule has 0 aliphatic carbocycles. The maximum absolute atomic E-state index is 12.5. The van der Waals surface area contributed by atoms with Gasteiger partial charge in [-0.1, -0.05) is 12.1 Å². The first-order valence-corrected chi connectivity index (χ1v) is 8.23. The Hall–Kier alpha value is -1.20. The molecule has 1 aromatic carbocycles. The lowest BCUT2D eigenvalue weighted by Gasteiger charge is -2.21. The van der Waals surface area contributed by atoms with Gasteiger partial charge in [-0.2, -0.15) is 0 Å². The van der Waals surface area contributed by atoms with E-state index in [9.17, 15) is 13.2 Å². The number of benzene rings is 1. The number of ketones is 1. The third kappa shape index (κ3) is 1.97. The number of hydrogen-bond acceptors (Lipinski definition) is 4. The van der Waals surface area contributed by atoms with E-state index in [4.69, 9.17) is 0 Å². The van der Waals surface area contributed by atoms with Gasteiger partial charge in [0.1, 0.15) is 4.75 Å². The molecule has 18 heavy (non-hydrogen) atoms. The average Bonchev–Trinajstić information content (AvgIpc) is 2.73. The molecule has 0 radical (unpaired) electrons. The first-order chi connectivity index (χ1) is 8.25. The van der Waals surface area contributed by atoms with Crippen molar-refractivity contribution in [2.45, 2.75) is 18.6 Å². The molecule has 0 aliphatic rings. The van der Waals surface area contributed by atoms with E-state index in [2.05, 4.69) is 0 Å². The predicted molar refractivity (Wildman–Crippen MR) is 75.1 cm³/mol. The fourth-order valence-electron chi connectivity index (χ4n) is 1.66.